The summed E-state index contributed by atoms with van der Waals surface area (Å²) in [6.07, 6.45) is 4.08. The molecular formula is C15H26ClN3. The molecule has 3 nitrogen and oxygen atoms in total. The molecule has 0 unspecified atom stereocenters. The van der Waals surface area contributed by atoms with Gasteiger partial charge in [-0.15, -0.1) is 0 Å². The first kappa shape index (κ1) is 16.3. The van der Waals surface area contributed by atoms with Crippen LogP contribution in [0.25, 0.3) is 0 Å². The van der Waals surface area contributed by atoms with Crippen LogP contribution in [-0.4, -0.2) is 24.1 Å². The van der Waals surface area contributed by atoms with Gasteiger partial charge in [0.25, 0.3) is 0 Å². The highest BCUT2D eigenvalue weighted by molar-refractivity contribution is 6.33. The number of pyridine rings is 1. The van der Waals surface area contributed by atoms with Crippen LogP contribution in [0.5, 0.6) is 0 Å². The Kier molecular flexibility index (Phi) is 6.08. The summed E-state index contributed by atoms with van der Waals surface area (Å²) < 4.78 is 0. The molecule has 0 aliphatic rings. The van der Waals surface area contributed by atoms with Crippen molar-refractivity contribution in [2.24, 2.45) is 0 Å². The number of rotatable bonds is 7. The second-order valence-electron chi connectivity index (χ2n) is 5.55. The molecule has 0 fully saturated rings. The molecule has 0 aromatic carbocycles. The predicted molar refractivity (Wildman–Crippen MR) is 84.0 cm³/mol. The molecule has 1 aromatic rings. The van der Waals surface area contributed by atoms with E-state index in [0.29, 0.717) is 0 Å². The minimum Gasteiger partial charge on any atom is -0.353 e. The van der Waals surface area contributed by atoms with E-state index in [1.807, 2.05) is 19.3 Å². The molecule has 4 heteroatoms. The molecule has 0 aliphatic carbocycles. The monoisotopic (exact) mass is 283 g/mol. The van der Waals surface area contributed by atoms with Gasteiger partial charge in [-0.05, 0) is 44.9 Å². The Hall–Kier alpha value is -0.800. The van der Waals surface area contributed by atoms with Crippen LogP contribution in [0.2, 0.25) is 5.02 Å². The van der Waals surface area contributed by atoms with Gasteiger partial charge in [0.1, 0.15) is 5.82 Å². The lowest BCUT2D eigenvalue weighted by molar-refractivity contribution is 0.467. The standard InChI is InChI=1S/C15H26ClN3/c1-6-8-17-10-12-9-13(16)14(18-11-12)19(5)15(3,4)7-2/h9,11,17H,6-8,10H2,1-5H3. The fraction of sp³-hybridized carbons (Fsp3) is 0.667. The van der Waals surface area contributed by atoms with E-state index in [0.717, 1.165) is 42.3 Å². The molecular weight excluding hydrogens is 258 g/mol. The van der Waals surface area contributed by atoms with Crippen molar-refractivity contribution >= 4 is 17.4 Å². The highest BCUT2D eigenvalue weighted by Crippen LogP contribution is 2.29. The van der Waals surface area contributed by atoms with Gasteiger partial charge < -0.3 is 10.2 Å². The molecule has 1 N–H and O–H groups in total. The summed E-state index contributed by atoms with van der Waals surface area (Å²) in [6, 6.07) is 2.01. The third kappa shape index (κ3) is 4.36. The second kappa shape index (κ2) is 7.11. The van der Waals surface area contributed by atoms with Crippen molar-refractivity contribution in [1.82, 2.24) is 10.3 Å². The SMILES string of the molecule is CCCNCc1cnc(N(C)C(C)(C)CC)c(Cl)c1. The molecule has 1 heterocycles. The summed E-state index contributed by atoms with van der Waals surface area (Å²) in [5, 5.41) is 4.08. The fourth-order valence-corrected chi connectivity index (χ4v) is 2.06. The van der Waals surface area contributed by atoms with E-state index in [1.165, 1.54) is 0 Å². The van der Waals surface area contributed by atoms with E-state index >= 15 is 0 Å². The summed E-state index contributed by atoms with van der Waals surface area (Å²) >= 11 is 6.37. The van der Waals surface area contributed by atoms with Gasteiger partial charge in [-0.25, -0.2) is 4.98 Å². The zero-order chi connectivity index (χ0) is 14.5. The summed E-state index contributed by atoms with van der Waals surface area (Å²) in [5.41, 5.74) is 1.18. The van der Waals surface area contributed by atoms with E-state index in [2.05, 4.69) is 42.9 Å². The van der Waals surface area contributed by atoms with Crippen LogP contribution in [0.4, 0.5) is 5.82 Å². The summed E-state index contributed by atoms with van der Waals surface area (Å²) in [6.45, 7) is 10.6. The largest absolute Gasteiger partial charge is 0.353 e. The molecule has 0 aliphatic heterocycles. The van der Waals surface area contributed by atoms with Crippen molar-refractivity contribution in [1.29, 1.82) is 0 Å². The Bertz CT molecular complexity index is 404. The lowest BCUT2D eigenvalue weighted by Crippen LogP contribution is -2.41. The zero-order valence-corrected chi connectivity index (χ0v) is 13.5. The minimum atomic E-state index is 0.0542. The minimum absolute atomic E-state index is 0.0542. The van der Waals surface area contributed by atoms with Crippen molar-refractivity contribution in [3.05, 3.63) is 22.8 Å². The van der Waals surface area contributed by atoms with Crippen LogP contribution < -0.4 is 10.2 Å². The Labute approximate surface area is 122 Å². The number of halogens is 1. The lowest BCUT2D eigenvalue weighted by atomic mass is 10.00. The van der Waals surface area contributed by atoms with Crippen LogP contribution in [0.1, 0.15) is 46.1 Å². The van der Waals surface area contributed by atoms with Crippen LogP contribution >= 0.6 is 11.6 Å². The van der Waals surface area contributed by atoms with Gasteiger partial charge in [0, 0.05) is 25.3 Å². The Morgan fingerprint density at radius 1 is 1.37 bits per heavy atom. The smallest absolute Gasteiger partial charge is 0.147 e. The maximum atomic E-state index is 6.37. The first-order chi connectivity index (χ1) is 8.92. The highest BCUT2D eigenvalue weighted by Gasteiger charge is 2.24. The van der Waals surface area contributed by atoms with Crippen LogP contribution in [0.3, 0.4) is 0 Å². The maximum absolute atomic E-state index is 6.37. The molecule has 19 heavy (non-hydrogen) atoms. The van der Waals surface area contributed by atoms with Crippen molar-refractivity contribution in [2.75, 3.05) is 18.5 Å². The fourth-order valence-electron chi connectivity index (χ4n) is 1.75. The van der Waals surface area contributed by atoms with E-state index in [9.17, 15) is 0 Å². The summed E-state index contributed by atoms with van der Waals surface area (Å²) in [5.74, 6) is 0.854. The van der Waals surface area contributed by atoms with E-state index in [4.69, 9.17) is 11.6 Å². The van der Waals surface area contributed by atoms with Crippen molar-refractivity contribution in [2.45, 2.75) is 52.6 Å². The van der Waals surface area contributed by atoms with E-state index in [1.54, 1.807) is 0 Å². The maximum Gasteiger partial charge on any atom is 0.147 e. The van der Waals surface area contributed by atoms with E-state index in [-0.39, 0.29) is 5.54 Å². The number of aromatic nitrogens is 1. The Morgan fingerprint density at radius 2 is 2.05 bits per heavy atom. The zero-order valence-electron chi connectivity index (χ0n) is 12.8. The predicted octanol–water partition coefficient (Wildman–Crippen LogP) is 3.86. The van der Waals surface area contributed by atoms with Gasteiger partial charge in [-0.1, -0.05) is 25.4 Å². The normalized spacial score (nSPS) is 11.7. The van der Waals surface area contributed by atoms with Gasteiger partial charge in [0.05, 0.1) is 5.02 Å². The number of hydrogen-bond donors (Lipinski definition) is 1. The first-order valence-electron chi connectivity index (χ1n) is 7.01. The lowest BCUT2D eigenvalue weighted by Gasteiger charge is -2.36. The van der Waals surface area contributed by atoms with Crippen molar-refractivity contribution in [3.8, 4) is 0 Å². The van der Waals surface area contributed by atoms with E-state index < -0.39 is 0 Å². The number of anilines is 1. The average Bonchev–Trinajstić information content (AvgIpc) is 2.38. The molecule has 1 aromatic heterocycles. The number of hydrogen-bond acceptors (Lipinski definition) is 3. The van der Waals surface area contributed by atoms with Crippen LogP contribution in [-0.2, 0) is 6.54 Å². The van der Waals surface area contributed by atoms with Gasteiger partial charge in [-0.2, -0.15) is 0 Å². The average molecular weight is 284 g/mol. The summed E-state index contributed by atoms with van der Waals surface area (Å²) in [4.78, 5) is 6.68. The van der Waals surface area contributed by atoms with Gasteiger partial charge in [-0.3, -0.25) is 0 Å². The summed E-state index contributed by atoms with van der Waals surface area (Å²) in [7, 11) is 2.05. The topological polar surface area (TPSA) is 28.2 Å². The number of nitrogens with zero attached hydrogens (tertiary/aromatic N) is 2. The van der Waals surface area contributed by atoms with Crippen molar-refractivity contribution < 1.29 is 0 Å². The Morgan fingerprint density at radius 3 is 2.58 bits per heavy atom. The molecule has 1 rings (SSSR count). The van der Waals surface area contributed by atoms with Gasteiger partial charge in [0.2, 0.25) is 0 Å². The third-order valence-corrected chi connectivity index (χ3v) is 4.00. The molecule has 0 atom stereocenters. The molecule has 0 spiro atoms. The molecule has 0 saturated carbocycles. The van der Waals surface area contributed by atoms with Crippen molar-refractivity contribution in [3.63, 3.8) is 0 Å². The molecule has 0 saturated heterocycles. The molecule has 0 amide bonds. The van der Waals surface area contributed by atoms with Crippen LogP contribution in [0, 0.1) is 0 Å². The third-order valence-electron chi connectivity index (χ3n) is 3.73. The molecule has 108 valence electrons. The Balaban J connectivity index is 2.82. The molecule has 0 bridgehead atoms. The molecule has 0 radical (unpaired) electrons. The van der Waals surface area contributed by atoms with Crippen LogP contribution in [0.15, 0.2) is 12.3 Å². The quantitative estimate of drug-likeness (QED) is 0.770. The first-order valence-corrected chi connectivity index (χ1v) is 7.39. The second-order valence-corrected chi connectivity index (χ2v) is 5.96. The van der Waals surface area contributed by atoms with Gasteiger partial charge in [0.15, 0.2) is 0 Å². The van der Waals surface area contributed by atoms with Gasteiger partial charge >= 0.3 is 0 Å². The number of nitrogens with one attached hydrogen (secondary N) is 1. The highest BCUT2D eigenvalue weighted by atomic mass is 35.5.